The molecule has 0 unspecified atom stereocenters. The Morgan fingerprint density at radius 2 is 2.04 bits per heavy atom. The first kappa shape index (κ1) is 15.4. The van der Waals surface area contributed by atoms with E-state index in [0.29, 0.717) is 12.1 Å². The lowest BCUT2D eigenvalue weighted by atomic mass is 9.95. The van der Waals surface area contributed by atoms with Crippen molar-refractivity contribution in [3.8, 4) is 0 Å². The second kappa shape index (κ2) is 5.74. The van der Waals surface area contributed by atoms with Gasteiger partial charge in [-0.25, -0.2) is 4.39 Å². The Morgan fingerprint density at radius 1 is 1.25 bits per heavy atom. The number of carbonyl (C=O) groups excluding carboxylic acids is 1. The van der Waals surface area contributed by atoms with Crippen molar-refractivity contribution in [2.24, 2.45) is 0 Å². The first-order valence-electron chi connectivity index (χ1n) is 7.89. The summed E-state index contributed by atoms with van der Waals surface area (Å²) in [6, 6.07) is 12.2. The maximum atomic E-state index is 13.4. The minimum absolute atomic E-state index is 0.0486. The van der Waals surface area contributed by atoms with Crippen molar-refractivity contribution in [1.29, 1.82) is 0 Å². The maximum absolute atomic E-state index is 13.4. The smallest absolute Gasteiger partial charge is 0.252 e. The molecule has 3 nitrogen and oxygen atoms in total. The Hall–Kier alpha value is -2.14. The molecule has 1 heterocycles. The normalized spacial score (nSPS) is 15.4. The molecule has 0 aliphatic heterocycles. The van der Waals surface area contributed by atoms with Gasteiger partial charge < -0.3 is 10.3 Å². The molecule has 0 spiro atoms. The number of benzene rings is 2. The first-order chi connectivity index (χ1) is 11.6. The van der Waals surface area contributed by atoms with Crippen LogP contribution in [0.3, 0.4) is 0 Å². The minimum atomic E-state index is -0.247. The minimum Gasteiger partial charge on any atom is -0.361 e. The summed E-state index contributed by atoms with van der Waals surface area (Å²) >= 11 is 3.41. The van der Waals surface area contributed by atoms with Crippen LogP contribution in [0.15, 0.2) is 53.1 Å². The van der Waals surface area contributed by atoms with Crippen LogP contribution in [0, 0.1) is 5.82 Å². The highest BCUT2D eigenvalue weighted by atomic mass is 79.9. The van der Waals surface area contributed by atoms with E-state index in [1.54, 1.807) is 6.07 Å². The fraction of sp³-hybridized carbons (Fsp3) is 0.211. The largest absolute Gasteiger partial charge is 0.361 e. The topological polar surface area (TPSA) is 44.9 Å². The van der Waals surface area contributed by atoms with E-state index < -0.39 is 0 Å². The van der Waals surface area contributed by atoms with Crippen molar-refractivity contribution >= 4 is 32.7 Å². The van der Waals surface area contributed by atoms with Crippen LogP contribution >= 0.6 is 15.9 Å². The summed E-state index contributed by atoms with van der Waals surface area (Å²) in [5.41, 5.74) is 2.54. The lowest BCUT2D eigenvalue weighted by molar-refractivity contribution is 0.0949. The molecule has 1 aliphatic carbocycles. The van der Waals surface area contributed by atoms with Gasteiger partial charge in [-0.05, 0) is 64.7 Å². The molecule has 1 fully saturated rings. The summed E-state index contributed by atoms with van der Waals surface area (Å²) in [5.74, 6) is -0.331. The van der Waals surface area contributed by atoms with E-state index in [1.165, 1.54) is 12.1 Å². The van der Waals surface area contributed by atoms with E-state index in [-0.39, 0.29) is 17.1 Å². The zero-order valence-electron chi connectivity index (χ0n) is 12.9. The average molecular weight is 387 g/mol. The zero-order valence-corrected chi connectivity index (χ0v) is 14.5. The van der Waals surface area contributed by atoms with Crippen molar-refractivity contribution in [3.63, 3.8) is 0 Å². The fourth-order valence-electron chi connectivity index (χ4n) is 3.22. The van der Waals surface area contributed by atoms with Gasteiger partial charge in [-0.1, -0.05) is 12.1 Å². The summed E-state index contributed by atoms with van der Waals surface area (Å²) < 4.78 is 14.1. The molecule has 1 amide bonds. The van der Waals surface area contributed by atoms with E-state index in [4.69, 9.17) is 0 Å². The predicted molar refractivity (Wildman–Crippen MR) is 95.6 cm³/mol. The second-order valence-corrected chi connectivity index (χ2v) is 7.19. The van der Waals surface area contributed by atoms with Crippen molar-refractivity contribution in [2.45, 2.75) is 18.3 Å². The van der Waals surface area contributed by atoms with Gasteiger partial charge >= 0.3 is 0 Å². The Balaban J connectivity index is 1.56. The quantitative estimate of drug-likeness (QED) is 0.679. The number of aromatic amines is 1. The van der Waals surface area contributed by atoms with Gasteiger partial charge in [0.2, 0.25) is 0 Å². The molecule has 1 aromatic heterocycles. The molecule has 122 valence electrons. The summed E-state index contributed by atoms with van der Waals surface area (Å²) in [6.45, 7) is 0.581. The van der Waals surface area contributed by atoms with E-state index in [0.717, 1.165) is 33.8 Å². The third kappa shape index (κ3) is 2.63. The van der Waals surface area contributed by atoms with E-state index >= 15 is 0 Å². The van der Waals surface area contributed by atoms with Crippen molar-refractivity contribution < 1.29 is 9.18 Å². The molecule has 24 heavy (non-hydrogen) atoms. The molecule has 4 rings (SSSR count). The standard InChI is InChI=1S/C19H16BrFN2O/c20-16-4-2-1-3-14(16)18(24)23-11-19(7-8-19)15-10-22-17-9-12(21)5-6-13(15)17/h1-6,9-10,22H,7-8,11H2,(H,23,24). The monoisotopic (exact) mass is 386 g/mol. The lowest BCUT2D eigenvalue weighted by Crippen LogP contribution is -2.32. The summed E-state index contributed by atoms with van der Waals surface area (Å²) in [7, 11) is 0. The van der Waals surface area contributed by atoms with Gasteiger partial charge in [-0.3, -0.25) is 4.79 Å². The van der Waals surface area contributed by atoms with Crippen molar-refractivity contribution in [2.75, 3.05) is 6.54 Å². The number of rotatable bonds is 4. The van der Waals surface area contributed by atoms with Gasteiger partial charge in [-0.2, -0.15) is 0 Å². The summed E-state index contributed by atoms with van der Waals surface area (Å²) in [6.07, 6.45) is 3.99. The Kier molecular flexibility index (Phi) is 3.68. The highest BCUT2D eigenvalue weighted by Gasteiger charge is 2.45. The van der Waals surface area contributed by atoms with Gasteiger partial charge in [0.15, 0.2) is 0 Å². The maximum Gasteiger partial charge on any atom is 0.252 e. The van der Waals surface area contributed by atoms with Crippen LogP contribution in [0.25, 0.3) is 10.9 Å². The molecule has 2 N–H and O–H groups in total. The number of amides is 1. The Morgan fingerprint density at radius 3 is 2.79 bits per heavy atom. The van der Waals surface area contributed by atoms with Gasteiger partial charge in [0.05, 0.1) is 5.56 Å². The van der Waals surface area contributed by atoms with Crippen LogP contribution in [-0.4, -0.2) is 17.4 Å². The highest BCUT2D eigenvalue weighted by Crippen LogP contribution is 2.50. The molecule has 1 aliphatic rings. The van der Waals surface area contributed by atoms with Gasteiger partial charge in [-0.15, -0.1) is 0 Å². The van der Waals surface area contributed by atoms with Crippen LogP contribution in [0.4, 0.5) is 4.39 Å². The van der Waals surface area contributed by atoms with Crippen LogP contribution < -0.4 is 5.32 Å². The van der Waals surface area contributed by atoms with Crippen LogP contribution in [-0.2, 0) is 5.41 Å². The predicted octanol–water partition coefficient (Wildman–Crippen LogP) is 4.53. The van der Waals surface area contributed by atoms with E-state index in [2.05, 4.69) is 26.2 Å². The number of H-pyrrole nitrogens is 1. The van der Waals surface area contributed by atoms with Crippen LogP contribution in [0.5, 0.6) is 0 Å². The summed E-state index contributed by atoms with van der Waals surface area (Å²) in [4.78, 5) is 15.6. The number of aromatic nitrogens is 1. The van der Waals surface area contributed by atoms with Crippen molar-refractivity contribution in [1.82, 2.24) is 10.3 Å². The Labute approximate surface area is 147 Å². The number of nitrogens with one attached hydrogen (secondary N) is 2. The van der Waals surface area contributed by atoms with E-state index in [9.17, 15) is 9.18 Å². The number of hydrogen-bond donors (Lipinski definition) is 2. The number of hydrogen-bond acceptors (Lipinski definition) is 1. The molecule has 0 atom stereocenters. The SMILES string of the molecule is O=C(NCC1(c2c[nH]c3cc(F)ccc23)CC1)c1ccccc1Br. The van der Waals surface area contributed by atoms with Crippen LogP contribution in [0.1, 0.15) is 28.8 Å². The molecular weight excluding hydrogens is 371 g/mol. The molecule has 3 aromatic rings. The second-order valence-electron chi connectivity index (χ2n) is 6.34. The molecule has 0 bridgehead atoms. The lowest BCUT2D eigenvalue weighted by Gasteiger charge is -2.16. The molecule has 0 radical (unpaired) electrons. The fourth-order valence-corrected chi connectivity index (χ4v) is 3.68. The number of halogens is 2. The van der Waals surface area contributed by atoms with E-state index in [1.807, 2.05) is 30.5 Å². The number of carbonyl (C=O) groups is 1. The molecule has 0 saturated heterocycles. The zero-order chi connectivity index (χ0) is 16.7. The third-order valence-electron chi connectivity index (χ3n) is 4.77. The first-order valence-corrected chi connectivity index (χ1v) is 8.68. The van der Waals surface area contributed by atoms with Crippen molar-refractivity contribution in [3.05, 3.63) is 70.1 Å². The Bertz CT molecular complexity index is 930. The molecule has 2 aromatic carbocycles. The van der Waals surface area contributed by atoms with Gasteiger partial charge in [0, 0.05) is 33.5 Å². The molecule has 1 saturated carbocycles. The average Bonchev–Trinajstić information content (AvgIpc) is 3.25. The number of fused-ring (bicyclic) bond motifs is 1. The third-order valence-corrected chi connectivity index (χ3v) is 5.47. The summed E-state index contributed by atoms with van der Waals surface area (Å²) in [5, 5.41) is 4.08. The van der Waals surface area contributed by atoms with Crippen LogP contribution in [0.2, 0.25) is 0 Å². The highest BCUT2D eigenvalue weighted by molar-refractivity contribution is 9.10. The molecular formula is C19H16BrFN2O. The van der Waals surface area contributed by atoms with Gasteiger partial charge in [0.1, 0.15) is 5.82 Å². The molecule has 5 heteroatoms. The van der Waals surface area contributed by atoms with Gasteiger partial charge in [0.25, 0.3) is 5.91 Å².